The molecule has 4 unspecified atom stereocenters. The van der Waals surface area contributed by atoms with Gasteiger partial charge in [-0.15, -0.1) is 11.8 Å². The molecule has 2 aliphatic heterocycles. The lowest BCUT2D eigenvalue weighted by Crippen LogP contribution is -2.55. The van der Waals surface area contributed by atoms with Crippen LogP contribution in [-0.4, -0.2) is 51.6 Å². The van der Waals surface area contributed by atoms with E-state index >= 15 is 0 Å². The van der Waals surface area contributed by atoms with E-state index in [1.807, 2.05) is 0 Å². The molecule has 112 valence electrons. The number of carboxylic acids is 1. The van der Waals surface area contributed by atoms with Crippen LogP contribution in [0.3, 0.4) is 0 Å². The van der Waals surface area contributed by atoms with Gasteiger partial charge in [0.25, 0.3) is 0 Å². The van der Waals surface area contributed by atoms with Crippen LogP contribution in [0.25, 0.3) is 0 Å². The monoisotopic (exact) mass is 298 g/mol. The minimum Gasteiger partial charge on any atom is -0.480 e. The van der Waals surface area contributed by atoms with Crippen molar-refractivity contribution in [2.24, 2.45) is 11.8 Å². The normalized spacial score (nSPS) is 38.0. The predicted molar refractivity (Wildman–Crippen MR) is 77.4 cm³/mol. The van der Waals surface area contributed by atoms with Gasteiger partial charge in [-0.05, 0) is 44.1 Å². The summed E-state index contributed by atoms with van der Waals surface area (Å²) in [6, 6.07) is -0.835. The van der Waals surface area contributed by atoms with Gasteiger partial charge in [-0.3, -0.25) is 4.79 Å². The highest BCUT2D eigenvalue weighted by molar-refractivity contribution is 8.00. The maximum atomic E-state index is 12.8. The molecule has 0 aromatic rings. The number of thioether (sulfide) groups is 1. The lowest BCUT2D eigenvalue weighted by Gasteiger charge is -2.34. The van der Waals surface area contributed by atoms with E-state index in [1.54, 1.807) is 16.7 Å². The van der Waals surface area contributed by atoms with Gasteiger partial charge in [0.05, 0.1) is 11.4 Å². The van der Waals surface area contributed by atoms with Crippen LogP contribution in [0.1, 0.15) is 32.6 Å². The average Bonchev–Trinajstić information content (AvgIpc) is 3.16. The van der Waals surface area contributed by atoms with Gasteiger partial charge in [0.15, 0.2) is 0 Å². The van der Waals surface area contributed by atoms with Gasteiger partial charge in [-0.1, -0.05) is 6.92 Å². The van der Waals surface area contributed by atoms with Gasteiger partial charge in [0, 0.05) is 5.75 Å². The van der Waals surface area contributed by atoms with E-state index in [-0.39, 0.29) is 17.3 Å². The molecule has 0 spiro atoms. The standard InChI is InChI=1S/C14H22N2O3S/c1-8-4-5-15-10(6-8)12(17)16-11(14(18)19)7-20-13(16)9-2-3-9/h8-11,13,15H,2-7H2,1H3,(H,18,19). The zero-order valence-corrected chi connectivity index (χ0v) is 12.6. The minimum absolute atomic E-state index is 0.00542. The van der Waals surface area contributed by atoms with Crippen LogP contribution >= 0.6 is 11.8 Å². The second-order valence-corrected chi connectivity index (χ2v) is 7.45. The Morgan fingerprint density at radius 3 is 2.65 bits per heavy atom. The molecule has 1 saturated carbocycles. The van der Waals surface area contributed by atoms with E-state index in [2.05, 4.69) is 12.2 Å². The summed E-state index contributed by atoms with van der Waals surface area (Å²) in [7, 11) is 0. The van der Waals surface area contributed by atoms with Crippen LogP contribution in [0.2, 0.25) is 0 Å². The molecule has 2 saturated heterocycles. The van der Waals surface area contributed by atoms with Gasteiger partial charge in [0.2, 0.25) is 5.91 Å². The van der Waals surface area contributed by atoms with Gasteiger partial charge in [0.1, 0.15) is 6.04 Å². The van der Waals surface area contributed by atoms with Crippen LogP contribution < -0.4 is 5.32 Å². The molecule has 2 N–H and O–H groups in total. The van der Waals surface area contributed by atoms with E-state index < -0.39 is 12.0 Å². The topological polar surface area (TPSA) is 69.6 Å². The Morgan fingerprint density at radius 1 is 1.30 bits per heavy atom. The number of hydrogen-bond donors (Lipinski definition) is 2. The van der Waals surface area contributed by atoms with Crippen molar-refractivity contribution in [2.75, 3.05) is 12.3 Å². The van der Waals surface area contributed by atoms with Crippen molar-refractivity contribution in [1.29, 1.82) is 0 Å². The maximum absolute atomic E-state index is 12.8. The highest BCUT2D eigenvalue weighted by atomic mass is 32.2. The van der Waals surface area contributed by atoms with Crippen LogP contribution in [0.5, 0.6) is 0 Å². The first kappa shape index (κ1) is 14.2. The molecule has 6 heteroatoms. The van der Waals surface area contributed by atoms with Crippen LogP contribution in [0, 0.1) is 11.8 Å². The summed E-state index contributed by atoms with van der Waals surface area (Å²) < 4.78 is 0. The van der Waals surface area contributed by atoms with Crippen molar-refractivity contribution in [1.82, 2.24) is 10.2 Å². The third-order valence-electron chi connectivity index (χ3n) is 4.56. The van der Waals surface area contributed by atoms with E-state index in [0.29, 0.717) is 17.6 Å². The second-order valence-electron chi connectivity index (χ2n) is 6.30. The fraction of sp³-hybridized carbons (Fsp3) is 0.857. The molecular weight excluding hydrogens is 276 g/mol. The van der Waals surface area contributed by atoms with E-state index in [9.17, 15) is 14.7 Å². The van der Waals surface area contributed by atoms with Crippen LogP contribution in [0.15, 0.2) is 0 Å². The number of rotatable bonds is 3. The number of carbonyl (C=O) groups excluding carboxylic acids is 1. The quantitative estimate of drug-likeness (QED) is 0.817. The largest absolute Gasteiger partial charge is 0.480 e. The Kier molecular flexibility index (Phi) is 3.95. The third-order valence-corrected chi connectivity index (χ3v) is 6.03. The number of nitrogens with zero attached hydrogens (tertiary/aromatic N) is 1. The smallest absolute Gasteiger partial charge is 0.327 e. The molecule has 1 amide bonds. The van der Waals surface area contributed by atoms with Gasteiger partial charge < -0.3 is 15.3 Å². The maximum Gasteiger partial charge on any atom is 0.327 e. The second kappa shape index (κ2) is 5.56. The number of amides is 1. The lowest BCUT2D eigenvalue weighted by molar-refractivity contribution is -0.150. The fourth-order valence-corrected chi connectivity index (χ4v) is 4.86. The Bertz CT molecular complexity index is 413. The number of hydrogen-bond acceptors (Lipinski definition) is 4. The van der Waals surface area contributed by atoms with Crippen molar-refractivity contribution in [2.45, 2.75) is 50.1 Å². The minimum atomic E-state index is -0.863. The molecule has 0 bridgehead atoms. The van der Waals surface area contributed by atoms with Crippen molar-refractivity contribution in [3.8, 4) is 0 Å². The highest BCUT2D eigenvalue weighted by Crippen LogP contribution is 2.45. The van der Waals surface area contributed by atoms with E-state index in [4.69, 9.17) is 0 Å². The molecule has 3 aliphatic rings. The molecule has 0 aromatic heterocycles. The molecule has 4 atom stereocenters. The number of carbonyl (C=O) groups is 2. The first-order chi connectivity index (χ1) is 9.58. The summed E-state index contributed by atoms with van der Waals surface area (Å²) in [5.41, 5.74) is 0. The molecule has 3 rings (SSSR count). The average molecular weight is 298 g/mol. The first-order valence-corrected chi connectivity index (χ1v) is 8.52. The Balaban J connectivity index is 1.76. The summed E-state index contributed by atoms with van der Waals surface area (Å²) in [6.07, 6.45) is 4.17. The molecule has 5 nitrogen and oxygen atoms in total. The molecule has 20 heavy (non-hydrogen) atoms. The molecular formula is C14H22N2O3S. The molecule has 2 heterocycles. The van der Waals surface area contributed by atoms with Gasteiger partial charge in [-0.25, -0.2) is 4.79 Å². The molecule has 0 radical (unpaired) electrons. The predicted octanol–water partition coefficient (Wildman–Crippen LogP) is 1.14. The number of carboxylic acid groups (broad SMARTS) is 1. The van der Waals surface area contributed by atoms with E-state index in [1.165, 1.54) is 0 Å². The Labute approximate surface area is 123 Å². The zero-order chi connectivity index (χ0) is 14.3. The fourth-order valence-electron chi connectivity index (χ4n) is 3.22. The highest BCUT2D eigenvalue weighted by Gasteiger charge is 2.49. The summed E-state index contributed by atoms with van der Waals surface area (Å²) in [4.78, 5) is 25.9. The molecule has 0 aromatic carbocycles. The number of nitrogens with one attached hydrogen (secondary N) is 1. The zero-order valence-electron chi connectivity index (χ0n) is 11.7. The third kappa shape index (κ3) is 2.68. The SMILES string of the molecule is CC1CCNC(C(=O)N2C(C(=O)O)CSC2C2CC2)C1. The van der Waals surface area contributed by atoms with Crippen molar-refractivity contribution in [3.63, 3.8) is 0 Å². The van der Waals surface area contributed by atoms with Crippen molar-refractivity contribution < 1.29 is 14.7 Å². The summed E-state index contributed by atoms with van der Waals surface area (Å²) >= 11 is 1.65. The summed E-state index contributed by atoms with van der Waals surface area (Å²) in [5, 5.41) is 12.7. The Morgan fingerprint density at radius 2 is 2.05 bits per heavy atom. The lowest BCUT2D eigenvalue weighted by atomic mass is 9.93. The first-order valence-electron chi connectivity index (χ1n) is 7.48. The number of aliphatic carboxylic acids is 1. The Hall–Kier alpha value is -0.750. The van der Waals surface area contributed by atoms with Gasteiger partial charge >= 0.3 is 5.97 Å². The molecule has 3 fully saturated rings. The summed E-state index contributed by atoms with van der Waals surface area (Å²) in [6.45, 7) is 3.01. The van der Waals surface area contributed by atoms with Crippen LogP contribution in [0.4, 0.5) is 0 Å². The van der Waals surface area contributed by atoms with Gasteiger partial charge in [-0.2, -0.15) is 0 Å². The van der Waals surface area contributed by atoms with Crippen molar-refractivity contribution >= 4 is 23.6 Å². The van der Waals surface area contributed by atoms with Crippen LogP contribution in [-0.2, 0) is 9.59 Å². The van der Waals surface area contributed by atoms with Crippen molar-refractivity contribution in [3.05, 3.63) is 0 Å². The number of piperidine rings is 1. The summed E-state index contributed by atoms with van der Waals surface area (Å²) in [5.74, 6) is 0.714. The van der Waals surface area contributed by atoms with E-state index in [0.717, 1.165) is 32.2 Å². The molecule has 1 aliphatic carbocycles.